The number of rotatable bonds is 8. The molecule has 0 bridgehead atoms. The fourth-order valence-corrected chi connectivity index (χ4v) is 2.38. The Morgan fingerprint density at radius 1 is 1.26 bits per heavy atom. The van der Waals surface area contributed by atoms with Crippen molar-refractivity contribution in [2.75, 3.05) is 26.8 Å². The van der Waals surface area contributed by atoms with Crippen molar-refractivity contribution >= 4 is 5.91 Å². The summed E-state index contributed by atoms with van der Waals surface area (Å²) in [6.45, 7) is 6.00. The Bertz CT molecular complexity index is 638. The SMILES string of the molecule is COCCNCC(=O)NCc1c(C)nn(-c2ccccc2)c1C. The first kappa shape index (κ1) is 17.2. The lowest BCUT2D eigenvalue weighted by molar-refractivity contribution is -0.120. The van der Waals surface area contributed by atoms with E-state index in [1.807, 2.05) is 48.9 Å². The van der Waals surface area contributed by atoms with Gasteiger partial charge in [-0.3, -0.25) is 4.79 Å². The third-order valence-electron chi connectivity index (χ3n) is 3.67. The second-order valence-electron chi connectivity index (χ2n) is 5.34. The van der Waals surface area contributed by atoms with Gasteiger partial charge in [0.25, 0.3) is 0 Å². The van der Waals surface area contributed by atoms with Gasteiger partial charge >= 0.3 is 0 Å². The standard InChI is InChI=1S/C17H24N4O2/c1-13-16(11-19-17(22)12-18-9-10-23-3)14(2)21(20-13)15-7-5-4-6-8-15/h4-8,18H,9-12H2,1-3H3,(H,19,22). The number of aromatic nitrogens is 2. The lowest BCUT2D eigenvalue weighted by Gasteiger charge is -2.08. The minimum Gasteiger partial charge on any atom is -0.383 e. The van der Waals surface area contributed by atoms with Crippen LogP contribution in [0, 0.1) is 13.8 Å². The van der Waals surface area contributed by atoms with Crippen molar-refractivity contribution in [2.24, 2.45) is 0 Å². The van der Waals surface area contributed by atoms with E-state index < -0.39 is 0 Å². The van der Waals surface area contributed by atoms with E-state index in [9.17, 15) is 4.79 Å². The summed E-state index contributed by atoms with van der Waals surface area (Å²) in [4.78, 5) is 11.8. The predicted molar refractivity (Wildman–Crippen MR) is 89.6 cm³/mol. The number of ether oxygens (including phenoxy) is 1. The number of nitrogens with zero attached hydrogens (tertiary/aromatic N) is 2. The van der Waals surface area contributed by atoms with Crippen LogP contribution in [-0.2, 0) is 16.1 Å². The average Bonchev–Trinajstić information content (AvgIpc) is 2.85. The van der Waals surface area contributed by atoms with Gasteiger partial charge in [-0.15, -0.1) is 0 Å². The Morgan fingerprint density at radius 2 is 2.00 bits per heavy atom. The highest BCUT2D eigenvalue weighted by Crippen LogP contribution is 2.17. The third kappa shape index (κ3) is 4.64. The summed E-state index contributed by atoms with van der Waals surface area (Å²) in [5.74, 6) is -0.0348. The van der Waals surface area contributed by atoms with Crippen LogP contribution in [0.25, 0.3) is 5.69 Å². The zero-order valence-corrected chi connectivity index (χ0v) is 13.9. The van der Waals surface area contributed by atoms with Crippen LogP contribution in [0.4, 0.5) is 0 Å². The van der Waals surface area contributed by atoms with E-state index in [1.54, 1.807) is 7.11 Å². The van der Waals surface area contributed by atoms with Gasteiger partial charge in [-0.05, 0) is 26.0 Å². The molecule has 124 valence electrons. The number of benzene rings is 1. The van der Waals surface area contributed by atoms with Crippen LogP contribution in [-0.4, -0.2) is 42.5 Å². The maximum Gasteiger partial charge on any atom is 0.234 e. The number of carbonyl (C=O) groups excluding carboxylic acids is 1. The molecule has 0 radical (unpaired) electrons. The second-order valence-corrected chi connectivity index (χ2v) is 5.34. The van der Waals surface area contributed by atoms with Gasteiger partial charge in [-0.1, -0.05) is 18.2 Å². The summed E-state index contributed by atoms with van der Waals surface area (Å²) in [6, 6.07) is 9.98. The average molecular weight is 316 g/mol. The zero-order valence-electron chi connectivity index (χ0n) is 13.9. The minimum absolute atomic E-state index is 0.0348. The number of para-hydroxylation sites is 1. The van der Waals surface area contributed by atoms with Crippen molar-refractivity contribution < 1.29 is 9.53 Å². The Hall–Kier alpha value is -2.18. The first-order valence-electron chi connectivity index (χ1n) is 7.70. The molecule has 0 saturated heterocycles. The predicted octanol–water partition coefficient (Wildman–Crippen LogP) is 1.34. The first-order valence-corrected chi connectivity index (χ1v) is 7.70. The minimum atomic E-state index is -0.0348. The number of aryl methyl sites for hydroxylation is 1. The highest BCUT2D eigenvalue weighted by Gasteiger charge is 2.13. The summed E-state index contributed by atoms with van der Waals surface area (Å²) >= 11 is 0. The van der Waals surface area contributed by atoms with Crippen molar-refractivity contribution in [1.29, 1.82) is 0 Å². The molecule has 0 fully saturated rings. The van der Waals surface area contributed by atoms with Gasteiger partial charge < -0.3 is 15.4 Å². The molecule has 23 heavy (non-hydrogen) atoms. The molecule has 2 aromatic rings. The van der Waals surface area contributed by atoms with Crippen molar-refractivity contribution in [2.45, 2.75) is 20.4 Å². The van der Waals surface area contributed by atoms with E-state index in [2.05, 4.69) is 15.7 Å². The summed E-state index contributed by atoms with van der Waals surface area (Å²) < 4.78 is 6.83. The number of methoxy groups -OCH3 is 1. The quantitative estimate of drug-likeness (QED) is 0.721. The van der Waals surface area contributed by atoms with Crippen LogP contribution in [0.15, 0.2) is 30.3 Å². The van der Waals surface area contributed by atoms with Gasteiger partial charge in [-0.2, -0.15) is 5.10 Å². The Balaban J connectivity index is 1.96. The number of hydrogen-bond donors (Lipinski definition) is 2. The summed E-state index contributed by atoms with van der Waals surface area (Å²) in [6.07, 6.45) is 0. The fourth-order valence-electron chi connectivity index (χ4n) is 2.38. The third-order valence-corrected chi connectivity index (χ3v) is 3.67. The number of carbonyl (C=O) groups is 1. The van der Waals surface area contributed by atoms with Crippen LogP contribution >= 0.6 is 0 Å². The molecule has 6 heteroatoms. The monoisotopic (exact) mass is 316 g/mol. The number of nitrogens with one attached hydrogen (secondary N) is 2. The zero-order chi connectivity index (χ0) is 16.7. The van der Waals surface area contributed by atoms with Crippen LogP contribution in [0.5, 0.6) is 0 Å². The molecule has 0 saturated carbocycles. The van der Waals surface area contributed by atoms with Crippen molar-refractivity contribution in [3.05, 3.63) is 47.3 Å². The molecule has 1 heterocycles. The highest BCUT2D eigenvalue weighted by atomic mass is 16.5. The second kappa shape index (κ2) is 8.45. The molecule has 0 atom stereocenters. The van der Waals surface area contributed by atoms with Gasteiger partial charge in [0.1, 0.15) is 0 Å². The van der Waals surface area contributed by atoms with Crippen molar-refractivity contribution in [3.8, 4) is 5.69 Å². The van der Waals surface area contributed by atoms with Crippen LogP contribution in [0.1, 0.15) is 17.0 Å². The van der Waals surface area contributed by atoms with E-state index in [0.717, 1.165) is 22.6 Å². The molecular formula is C17H24N4O2. The summed E-state index contributed by atoms with van der Waals surface area (Å²) in [7, 11) is 1.64. The molecular weight excluding hydrogens is 292 g/mol. The molecule has 0 aliphatic rings. The molecule has 0 aliphatic carbocycles. The molecule has 2 N–H and O–H groups in total. The number of hydrogen-bond acceptors (Lipinski definition) is 4. The lowest BCUT2D eigenvalue weighted by Crippen LogP contribution is -2.35. The number of amides is 1. The molecule has 1 aromatic heterocycles. The highest BCUT2D eigenvalue weighted by molar-refractivity contribution is 5.78. The molecule has 1 amide bonds. The van der Waals surface area contributed by atoms with E-state index in [1.165, 1.54) is 0 Å². The maximum atomic E-state index is 11.8. The molecule has 0 aliphatic heterocycles. The van der Waals surface area contributed by atoms with Crippen LogP contribution < -0.4 is 10.6 Å². The first-order chi connectivity index (χ1) is 11.1. The molecule has 0 spiro atoms. The molecule has 6 nitrogen and oxygen atoms in total. The van der Waals surface area contributed by atoms with Crippen molar-refractivity contribution in [3.63, 3.8) is 0 Å². The van der Waals surface area contributed by atoms with Crippen LogP contribution in [0.2, 0.25) is 0 Å². The Labute approximate surface area is 136 Å². The Morgan fingerprint density at radius 3 is 2.70 bits per heavy atom. The van der Waals surface area contributed by atoms with Crippen LogP contribution in [0.3, 0.4) is 0 Å². The normalized spacial score (nSPS) is 10.7. The lowest BCUT2D eigenvalue weighted by atomic mass is 10.2. The van der Waals surface area contributed by atoms with Gasteiger partial charge in [-0.25, -0.2) is 4.68 Å². The largest absolute Gasteiger partial charge is 0.383 e. The fraction of sp³-hybridized carbons (Fsp3) is 0.412. The smallest absolute Gasteiger partial charge is 0.234 e. The van der Waals surface area contributed by atoms with E-state index in [0.29, 0.717) is 19.7 Å². The van der Waals surface area contributed by atoms with Gasteiger partial charge in [0, 0.05) is 31.5 Å². The van der Waals surface area contributed by atoms with E-state index in [4.69, 9.17) is 4.74 Å². The van der Waals surface area contributed by atoms with Gasteiger partial charge in [0.15, 0.2) is 0 Å². The van der Waals surface area contributed by atoms with Gasteiger partial charge in [0.2, 0.25) is 5.91 Å². The Kier molecular flexibility index (Phi) is 6.31. The molecule has 0 unspecified atom stereocenters. The van der Waals surface area contributed by atoms with Gasteiger partial charge in [0.05, 0.1) is 24.5 Å². The topological polar surface area (TPSA) is 68.2 Å². The molecule has 1 aromatic carbocycles. The van der Waals surface area contributed by atoms with E-state index >= 15 is 0 Å². The van der Waals surface area contributed by atoms with Crippen molar-refractivity contribution in [1.82, 2.24) is 20.4 Å². The maximum absolute atomic E-state index is 11.8. The summed E-state index contributed by atoms with van der Waals surface area (Å²) in [5.41, 5.74) is 4.05. The summed E-state index contributed by atoms with van der Waals surface area (Å²) in [5, 5.41) is 10.5. The molecule has 2 rings (SSSR count). The van der Waals surface area contributed by atoms with E-state index in [-0.39, 0.29) is 12.5 Å².